The Morgan fingerprint density at radius 1 is 1.29 bits per heavy atom. The highest BCUT2D eigenvalue weighted by Gasteiger charge is 2.32. The van der Waals surface area contributed by atoms with Crippen LogP contribution in [0.25, 0.3) is 0 Å². The molecule has 1 unspecified atom stereocenters. The van der Waals surface area contributed by atoms with E-state index in [1.807, 2.05) is 0 Å². The van der Waals surface area contributed by atoms with Crippen LogP contribution in [-0.2, 0) is 9.53 Å². The zero-order chi connectivity index (χ0) is 11.6. The van der Waals surface area contributed by atoms with Gasteiger partial charge in [0.1, 0.15) is 5.60 Å². The number of carboxylic acid groups (broad SMARTS) is 1. The average Bonchev–Trinajstić information content (AvgIpc) is 1.79. The largest absolute Gasteiger partial charge is 0.479 e. The zero-order valence-corrected chi connectivity index (χ0v) is 9.51. The third kappa shape index (κ3) is 4.96. The molecule has 0 saturated heterocycles. The Hall–Kier alpha value is -0.910. The molecule has 0 aromatic heterocycles. The molecule has 0 aliphatic carbocycles. The molecule has 0 radical (unpaired) electrons. The fraction of sp³-hybridized carbons (Fsp3) is 0.750. The molecule has 5 nitrogen and oxygen atoms in total. The van der Waals surface area contributed by atoms with Crippen LogP contribution < -0.4 is 5.32 Å². The van der Waals surface area contributed by atoms with Crippen LogP contribution >= 0.6 is 12.6 Å². The van der Waals surface area contributed by atoms with Crippen LogP contribution in [0, 0.1) is 0 Å². The van der Waals surface area contributed by atoms with Gasteiger partial charge in [0.25, 0.3) is 0 Å². The Bertz CT molecular complexity index is 244. The van der Waals surface area contributed by atoms with Crippen molar-refractivity contribution in [3.05, 3.63) is 0 Å². The molecular formula is C8H15NO4S. The number of carbonyl (C=O) groups is 2. The molecule has 0 rings (SSSR count). The standard InChI is InChI=1S/C8H15NO4S/c1-7(2,3)13-6(12)9-8(4,14)5(10)11/h14H,1-4H3,(H,9,12)(H,10,11). The molecule has 2 N–H and O–H groups in total. The second kappa shape index (κ2) is 4.08. The maximum atomic E-state index is 11.1. The van der Waals surface area contributed by atoms with Crippen LogP contribution in [0.5, 0.6) is 0 Å². The van der Waals surface area contributed by atoms with Crippen molar-refractivity contribution in [2.24, 2.45) is 0 Å². The number of carbonyl (C=O) groups excluding carboxylic acids is 1. The van der Waals surface area contributed by atoms with Gasteiger partial charge in [0.05, 0.1) is 0 Å². The van der Waals surface area contributed by atoms with Crippen LogP contribution in [0.4, 0.5) is 4.79 Å². The maximum Gasteiger partial charge on any atom is 0.409 e. The van der Waals surface area contributed by atoms with E-state index in [1.54, 1.807) is 20.8 Å². The molecule has 0 spiro atoms. The lowest BCUT2D eigenvalue weighted by Gasteiger charge is -2.24. The van der Waals surface area contributed by atoms with E-state index in [-0.39, 0.29) is 0 Å². The summed E-state index contributed by atoms with van der Waals surface area (Å²) in [6.45, 7) is 6.30. The van der Waals surface area contributed by atoms with Gasteiger partial charge in [-0.15, -0.1) is 12.6 Å². The monoisotopic (exact) mass is 221 g/mol. The second-order valence-electron chi connectivity index (χ2n) is 4.00. The van der Waals surface area contributed by atoms with Crippen molar-refractivity contribution in [1.82, 2.24) is 5.32 Å². The maximum absolute atomic E-state index is 11.1. The van der Waals surface area contributed by atoms with Gasteiger partial charge in [-0.05, 0) is 27.7 Å². The van der Waals surface area contributed by atoms with Gasteiger partial charge in [-0.1, -0.05) is 0 Å². The highest BCUT2D eigenvalue weighted by molar-refractivity contribution is 7.82. The molecule has 1 atom stereocenters. The van der Waals surface area contributed by atoms with Crippen molar-refractivity contribution >= 4 is 24.7 Å². The lowest BCUT2D eigenvalue weighted by Crippen LogP contribution is -2.49. The molecule has 0 aromatic carbocycles. The third-order valence-corrected chi connectivity index (χ3v) is 1.46. The molecule has 1 amide bonds. The van der Waals surface area contributed by atoms with Crippen molar-refractivity contribution < 1.29 is 19.4 Å². The molecule has 14 heavy (non-hydrogen) atoms. The third-order valence-electron chi connectivity index (χ3n) is 1.16. The van der Waals surface area contributed by atoms with E-state index < -0.39 is 22.5 Å². The Balaban J connectivity index is 4.27. The van der Waals surface area contributed by atoms with Gasteiger partial charge in [-0.2, -0.15) is 0 Å². The van der Waals surface area contributed by atoms with Gasteiger partial charge in [0.2, 0.25) is 0 Å². The summed E-state index contributed by atoms with van der Waals surface area (Å²) in [6, 6.07) is 0. The van der Waals surface area contributed by atoms with Gasteiger partial charge in [-0.3, -0.25) is 5.32 Å². The molecule has 0 bridgehead atoms. The highest BCUT2D eigenvalue weighted by Crippen LogP contribution is 2.12. The van der Waals surface area contributed by atoms with E-state index in [9.17, 15) is 9.59 Å². The molecule has 0 fully saturated rings. The Morgan fingerprint density at radius 3 is 2.00 bits per heavy atom. The van der Waals surface area contributed by atoms with Crippen LogP contribution in [0.2, 0.25) is 0 Å². The summed E-state index contributed by atoms with van der Waals surface area (Å²) in [4.78, 5) is 20.1. The first-order valence-electron chi connectivity index (χ1n) is 4.01. The van der Waals surface area contributed by atoms with Crippen LogP contribution in [0.15, 0.2) is 0 Å². The van der Waals surface area contributed by atoms with Crippen LogP contribution in [-0.4, -0.2) is 27.6 Å². The van der Waals surface area contributed by atoms with Gasteiger partial charge >= 0.3 is 12.1 Å². The predicted molar refractivity (Wildman–Crippen MR) is 54.4 cm³/mol. The lowest BCUT2D eigenvalue weighted by molar-refractivity contribution is -0.140. The summed E-state index contributed by atoms with van der Waals surface area (Å²) >= 11 is 3.76. The SMILES string of the molecule is CC(C)(C)OC(=O)NC(C)(S)C(=O)O. The molecule has 0 aliphatic heterocycles. The average molecular weight is 221 g/mol. The first kappa shape index (κ1) is 13.1. The van der Waals surface area contributed by atoms with Gasteiger partial charge in [-0.25, -0.2) is 9.59 Å². The fourth-order valence-electron chi connectivity index (χ4n) is 0.556. The summed E-state index contributed by atoms with van der Waals surface area (Å²) in [5.74, 6) is -1.24. The first-order valence-corrected chi connectivity index (χ1v) is 4.46. The van der Waals surface area contributed by atoms with E-state index >= 15 is 0 Å². The number of hydrogen-bond donors (Lipinski definition) is 3. The summed E-state index contributed by atoms with van der Waals surface area (Å²) in [6.07, 6.45) is -0.808. The molecule has 6 heteroatoms. The Morgan fingerprint density at radius 2 is 1.71 bits per heavy atom. The number of aliphatic carboxylic acids is 1. The number of nitrogens with one attached hydrogen (secondary N) is 1. The number of carboxylic acids is 1. The minimum absolute atomic E-state index is 0.660. The predicted octanol–water partition coefficient (Wildman–Crippen LogP) is 1.24. The highest BCUT2D eigenvalue weighted by atomic mass is 32.1. The van der Waals surface area contributed by atoms with Gasteiger partial charge < -0.3 is 9.84 Å². The number of amides is 1. The topological polar surface area (TPSA) is 75.6 Å². The fourth-order valence-corrected chi connectivity index (χ4v) is 0.647. The second-order valence-corrected chi connectivity index (χ2v) is 4.90. The Labute approximate surface area is 88.2 Å². The van der Waals surface area contributed by atoms with E-state index in [4.69, 9.17) is 9.84 Å². The van der Waals surface area contributed by atoms with Crippen LogP contribution in [0.3, 0.4) is 0 Å². The molecule has 0 heterocycles. The number of ether oxygens (including phenoxy) is 1. The zero-order valence-electron chi connectivity index (χ0n) is 8.62. The van der Waals surface area contributed by atoms with Gasteiger partial charge in [0.15, 0.2) is 4.87 Å². The molecule has 0 aromatic rings. The first-order chi connectivity index (χ1) is 6.04. The molecule has 0 saturated carbocycles. The van der Waals surface area contributed by atoms with E-state index in [0.29, 0.717) is 0 Å². The Kier molecular flexibility index (Phi) is 3.81. The molecular weight excluding hydrogens is 206 g/mol. The summed E-state index contributed by atoms with van der Waals surface area (Å²) in [7, 11) is 0. The van der Waals surface area contributed by atoms with Gasteiger partial charge in [0, 0.05) is 0 Å². The quantitative estimate of drug-likeness (QED) is 0.484. The van der Waals surface area contributed by atoms with Crippen molar-refractivity contribution in [2.45, 2.75) is 38.2 Å². The van der Waals surface area contributed by atoms with E-state index in [0.717, 1.165) is 0 Å². The number of alkyl carbamates (subject to hydrolysis) is 1. The van der Waals surface area contributed by atoms with Crippen molar-refractivity contribution in [2.75, 3.05) is 0 Å². The molecule has 0 aliphatic rings. The smallest absolute Gasteiger partial charge is 0.409 e. The number of hydrogen-bond acceptors (Lipinski definition) is 4. The lowest BCUT2D eigenvalue weighted by atomic mass is 10.2. The summed E-state index contributed by atoms with van der Waals surface area (Å²) in [5, 5.41) is 10.8. The van der Waals surface area contributed by atoms with E-state index in [1.165, 1.54) is 6.92 Å². The number of rotatable bonds is 2. The molecule has 82 valence electrons. The minimum Gasteiger partial charge on any atom is -0.479 e. The number of thiol groups is 1. The summed E-state index contributed by atoms with van der Waals surface area (Å²) < 4.78 is 4.86. The minimum atomic E-state index is -1.62. The van der Waals surface area contributed by atoms with Crippen LogP contribution in [0.1, 0.15) is 27.7 Å². The van der Waals surface area contributed by atoms with Crippen molar-refractivity contribution in [3.63, 3.8) is 0 Å². The normalized spacial score (nSPS) is 15.5. The summed E-state index contributed by atoms with van der Waals surface area (Å²) in [5.41, 5.74) is -0.660. The van der Waals surface area contributed by atoms with Crippen molar-refractivity contribution in [3.8, 4) is 0 Å². The van der Waals surface area contributed by atoms with Crippen molar-refractivity contribution in [1.29, 1.82) is 0 Å². The van der Waals surface area contributed by atoms with E-state index in [2.05, 4.69) is 17.9 Å².